The van der Waals surface area contributed by atoms with E-state index in [9.17, 15) is 4.79 Å². The van der Waals surface area contributed by atoms with Crippen molar-refractivity contribution in [1.82, 2.24) is 4.90 Å². The number of nitrogen functional groups attached to an aromatic ring is 1. The Morgan fingerprint density at radius 1 is 1.38 bits per heavy atom. The number of thiophene rings is 1. The molecule has 1 aromatic rings. The minimum Gasteiger partial charge on any atom is -0.492 e. The fourth-order valence-corrected chi connectivity index (χ4v) is 3.23. The Morgan fingerprint density at radius 3 is 2.48 bits per heavy atom. The number of nitrogens with two attached hydrogens (primary N) is 1. The lowest BCUT2D eigenvalue weighted by Gasteiger charge is -2.28. The number of anilines is 2. The van der Waals surface area contributed by atoms with Gasteiger partial charge in [0.1, 0.15) is 15.6 Å². The van der Waals surface area contributed by atoms with Gasteiger partial charge in [-0.25, -0.2) is 4.79 Å². The van der Waals surface area contributed by atoms with Crippen molar-refractivity contribution in [3.63, 3.8) is 0 Å². The number of nitrogens with zero attached hydrogens (tertiary/aromatic N) is 1. The second-order valence-corrected chi connectivity index (χ2v) is 6.97. The maximum absolute atomic E-state index is 11.7. The molecule has 0 aliphatic heterocycles. The van der Waals surface area contributed by atoms with Crippen LogP contribution < -0.4 is 15.8 Å². The van der Waals surface area contributed by atoms with Crippen molar-refractivity contribution in [2.24, 2.45) is 5.41 Å². The summed E-state index contributed by atoms with van der Waals surface area (Å²) in [6.07, 6.45) is 0. The zero-order chi connectivity index (χ0) is 16.2. The van der Waals surface area contributed by atoms with E-state index in [1.54, 1.807) is 0 Å². The molecular weight excluding hydrogens is 290 g/mol. The van der Waals surface area contributed by atoms with Crippen LogP contribution in [-0.2, 0) is 4.74 Å². The molecule has 0 saturated heterocycles. The molecule has 0 unspecified atom stereocenters. The maximum Gasteiger partial charge on any atom is 0.350 e. The van der Waals surface area contributed by atoms with Crippen molar-refractivity contribution >= 4 is 28.0 Å². The van der Waals surface area contributed by atoms with Gasteiger partial charge >= 0.3 is 5.97 Å². The van der Waals surface area contributed by atoms with Gasteiger partial charge in [-0.1, -0.05) is 13.8 Å². The van der Waals surface area contributed by atoms with Gasteiger partial charge in [-0.3, -0.25) is 0 Å². The number of carbonyl (C=O) groups excluding carboxylic acids is 1. The highest BCUT2D eigenvalue weighted by molar-refractivity contribution is 7.19. The molecule has 0 spiro atoms. The summed E-state index contributed by atoms with van der Waals surface area (Å²) in [4.78, 5) is 14.2. The van der Waals surface area contributed by atoms with E-state index in [2.05, 4.69) is 24.1 Å². The van der Waals surface area contributed by atoms with Gasteiger partial charge in [0.15, 0.2) is 5.75 Å². The van der Waals surface area contributed by atoms with E-state index >= 15 is 0 Å². The minimum absolute atomic E-state index is 0.0681. The van der Waals surface area contributed by atoms with Gasteiger partial charge < -0.3 is 25.4 Å². The lowest BCUT2D eigenvalue weighted by Crippen LogP contribution is -2.34. The molecule has 0 fully saturated rings. The van der Waals surface area contributed by atoms with Gasteiger partial charge in [0, 0.05) is 13.1 Å². The number of ether oxygens (including phenoxy) is 2. The number of nitrogens with one attached hydrogen (secondary N) is 1. The first-order valence-electron chi connectivity index (χ1n) is 6.65. The van der Waals surface area contributed by atoms with Crippen molar-refractivity contribution in [2.75, 3.05) is 52.5 Å². The average molecular weight is 315 g/mol. The molecule has 0 radical (unpaired) electrons. The molecule has 3 N–H and O–H groups in total. The number of methoxy groups -OCH3 is 2. The topological polar surface area (TPSA) is 76.8 Å². The van der Waals surface area contributed by atoms with Crippen LogP contribution in [0.3, 0.4) is 0 Å². The molecule has 0 aromatic carbocycles. The Hall–Kier alpha value is -1.47. The third-order valence-electron chi connectivity index (χ3n) is 2.95. The van der Waals surface area contributed by atoms with E-state index in [4.69, 9.17) is 15.2 Å². The zero-order valence-corrected chi connectivity index (χ0v) is 14.4. The van der Waals surface area contributed by atoms with Gasteiger partial charge in [0.05, 0.1) is 14.2 Å². The molecule has 0 aliphatic carbocycles. The SMILES string of the molecule is COC(=O)c1sc(NCC(C)(C)CN(C)C)c(OC)c1N. The van der Waals surface area contributed by atoms with Crippen LogP contribution in [0.15, 0.2) is 0 Å². The van der Waals surface area contributed by atoms with Crippen molar-refractivity contribution in [1.29, 1.82) is 0 Å². The van der Waals surface area contributed by atoms with Crippen molar-refractivity contribution in [3.8, 4) is 5.75 Å². The van der Waals surface area contributed by atoms with Gasteiger partial charge in [-0.05, 0) is 19.5 Å². The predicted molar refractivity (Wildman–Crippen MR) is 87.4 cm³/mol. The van der Waals surface area contributed by atoms with E-state index in [0.29, 0.717) is 16.3 Å². The van der Waals surface area contributed by atoms with E-state index in [-0.39, 0.29) is 5.41 Å². The molecule has 1 heterocycles. The highest BCUT2D eigenvalue weighted by Gasteiger charge is 2.25. The molecule has 7 heteroatoms. The number of rotatable bonds is 7. The number of esters is 1. The lowest BCUT2D eigenvalue weighted by molar-refractivity contribution is 0.0607. The molecule has 0 aliphatic rings. The lowest BCUT2D eigenvalue weighted by atomic mass is 9.93. The Kier molecular flexibility index (Phi) is 5.86. The first kappa shape index (κ1) is 17.6. The normalized spacial score (nSPS) is 11.6. The van der Waals surface area contributed by atoms with Crippen LogP contribution in [0.5, 0.6) is 5.75 Å². The highest BCUT2D eigenvalue weighted by atomic mass is 32.1. The summed E-state index contributed by atoms with van der Waals surface area (Å²) in [5, 5.41) is 4.08. The first-order valence-corrected chi connectivity index (χ1v) is 7.46. The van der Waals surface area contributed by atoms with Crippen LogP contribution in [0.2, 0.25) is 0 Å². The molecule has 0 bridgehead atoms. The number of carbonyl (C=O) groups is 1. The minimum atomic E-state index is -0.448. The van der Waals surface area contributed by atoms with E-state index in [0.717, 1.165) is 18.1 Å². The number of hydrogen-bond acceptors (Lipinski definition) is 7. The van der Waals surface area contributed by atoms with E-state index in [1.165, 1.54) is 25.6 Å². The van der Waals surface area contributed by atoms with Crippen LogP contribution in [-0.4, -0.2) is 52.3 Å². The molecule has 120 valence electrons. The van der Waals surface area contributed by atoms with Crippen molar-refractivity contribution in [3.05, 3.63) is 4.88 Å². The van der Waals surface area contributed by atoms with Crippen LogP contribution in [0, 0.1) is 5.41 Å². The van der Waals surface area contributed by atoms with E-state index in [1.807, 2.05) is 14.1 Å². The molecule has 21 heavy (non-hydrogen) atoms. The third kappa shape index (κ3) is 4.50. The highest BCUT2D eigenvalue weighted by Crippen LogP contribution is 2.43. The largest absolute Gasteiger partial charge is 0.492 e. The monoisotopic (exact) mass is 315 g/mol. The standard InChI is InChI=1S/C14H25N3O3S/c1-14(2,8-17(3)4)7-16-12-10(19-5)9(15)11(21-12)13(18)20-6/h16H,7-8,15H2,1-6H3. The third-order valence-corrected chi connectivity index (χ3v) is 4.07. The smallest absolute Gasteiger partial charge is 0.350 e. The van der Waals surface area contributed by atoms with Crippen molar-refractivity contribution in [2.45, 2.75) is 13.8 Å². The summed E-state index contributed by atoms with van der Waals surface area (Å²) in [5.41, 5.74) is 6.34. The van der Waals surface area contributed by atoms with Crippen LogP contribution in [0.1, 0.15) is 23.5 Å². The van der Waals surface area contributed by atoms with Gasteiger partial charge in [0.25, 0.3) is 0 Å². The predicted octanol–water partition coefficient (Wildman–Crippen LogP) is 2.13. The van der Waals surface area contributed by atoms with Gasteiger partial charge in [-0.15, -0.1) is 11.3 Å². The summed E-state index contributed by atoms with van der Waals surface area (Å²) in [7, 11) is 6.96. The zero-order valence-electron chi connectivity index (χ0n) is 13.6. The van der Waals surface area contributed by atoms with Crippen LogP contribution >= 0.6 is 11.3 Å². The van der Waals surface area contributed by atoms with Gasteiger partial charge in [0.2, 0.25) is 0 Å². The Bertz CT molecular complexity index is 498. The molecule has 1 rings (SSSR count). The molecule has 0 amide bonds. The van der Waals surface area contributed by atoms with Gasteiger partial charge in [-0.2, -0.15) is 0 Å². The Morgan fingerprint density at radius 2 is 2.00 bits per heavy atom. The summed E-state index contributed by atoms with van der Waals surface area (Å²) in [6, 6.07) is 0. The summed E-state index contributed by atoms with van der Waals surface area (Å²) >= 11 is 1.25. The fraction of sp³-hybridized carbons (Fsp3) is 0.643. The Balaban J connectivity index is 2.91. The maximum atomic E-state index is 11.7. The molecule has 0 atom stereocenters. The summed E-state index contributed by atoms with van der Waals surface area (Å²) in [5.74, 6) is 0.0532. The van der Waals surface area contributed by atoms with Crippen LogP contribution in [0.4, 0.5) is 10.7 Å². The second-order valence-electron chi connectivity index (χ2n) is 5.95. The van der Waals surface area contributed by atoms with E-state index < -0.39 is 5.97 Å². The summed E-state index contributed by atoms with van der Waals surface area (Å²) < 4.78 is 10.0. The second kappa shape index (κ2) is 7.00. The molecule has 1 aromatic heterocycles. The Labute approximate surface area is 130 Å². The van der Waals surface area contributed by atoms with Crippen LogP contribution in [0.25, 0.3) is 0 Å². The molecule has 0 saturated carbocycles. The first-order chi connectivity index (χ1) is 9.71. The summed E-state index contributed by atoms with van der Waals surface area (Å²) in [6.45, 7) is 6.02. The van der Waals surface area contributed by atoms with Crippen molar-refractivity contribution < 1.29 is 14.3 Å². The molecular formula is C14H25N3O3S. The fourth-order valence-electron chi connectivity index (χ4n) is 2.22. The quantitative estimate of drug-likeness (QED) is 0.751. The number of hydrogen-bond donors (Lipinski definition) is 2. The molecule has 6 nitrogen and oxygen atoms in total. The average Bonchev–Trinajstić information content (AvgIpc) is 2.70.